The predicted octanol–water partition coefficient (Wildman–Crippen LogP) is 5.12. The highest BCUT2D eigenvalue weighted by molar-refractivity contribution is 5.80. The van der Waals surface area contributed by atoms with Gasteiger partial charge in [-0.15, -0.1) is 0 Å². The third-order valence-electron chi connectivity index (χ3n) is 5.01. The Balaban J connectivity index is 1.59. The average molecular weight is 389 g/mol. The van der Waals surface area contributed by atoms with Gasteiger partial charge < -0.3 is 4.57 Å². The highest BCUT2D eigenvalue weighted by atomic mass is 15.1. The summed E-state index contributed by atoms with van der Waals surface area (Å²) >= 11 is 0. The average Bonchev–Trinajstić information content (AvgIpc) is 3.24. The van der Waals surface area contributed by atoms with Gasteiger partial charge in [0.05, 0.1) is 24.3 Å². The fourth-order valence-corrected chi connectivity index (χ4v) is 3.57. The van der Waals surface area contributed by atoms with Crippen molar-refractivity contribution in [3.8, 4) is 33.6 Å². The summed E-state index contributed by atoms with van der Waals surface area (Å²) in [6, 6.07) is 22.8. The first-order valence-electron chi connectivity index (χ1n) is 9.74. The van der Waals surface area contributed by atoms with Gasteiger partial charge in [-0.3, -0.25) is 4.98 Å². The molecule has 0 radical (unpaired) electrons. The van der Waals surface area contributed by atoms with E-state index >= 15 is 0 Å². The summed E-state index contributed by atoms with van der Waals surface area (Å²) in [7, 11) is 0. The number of pyridine rings is 1. The molecule has 0 amide bonds. The lowest BCUT2D eigenvalue weighted by molar-refractivity contribution is 0.800. The lowest BCUT2D eigenvalue weighted by atomic mass is 10.0. The molecule has 0 aliphatic rings. The Morgan fingerprint density at radius 1 is 0.633 bits per heavy atom. The Hall–Kier alpha value is -4.12. The van der Waals surface area contributed by atoms with Crippen molar-refractivity contribution in [2.75, 3.05) is 0 Å². The van der Waals surface area contributed by atoms with E-state index in [1.54, 1.807) is 12.5 Å². The molecule has 5 heteroatoms. The van der Waals surface area contributed by atoms with Crippen LogP contribution < -0.4 is 0 Å². The monoisotopic (exact) mass is 389 g/mol. The molecule has 5 rings (SSSR count). The molecule has 3 aromatic heterocycles. The van der Waals surface area contributed by atoms with E-state index in [0.29, 0.717) is 6.54 Å². The van der Waals surface area contributed by atoms with Crippen LogP contribution in [0.1, 0.15) is 5.56 Å². The topological polar surface area (TPSA) is 56.5 Å². The van der Waals surface area contributed by atoms with Crippen molar-refractivity contribution in [3.63, 3.8) is 0 Å². The van der Waals surface area contributed by atoms with Crippen molar-refractivity contribution in [3.05, 3.63) is 110 Å². The summed E-state index contributed by atoms with van der Waals surface area (Å²) in [5.41, 5.74) is 7.47. The number of hydrogen-bond acceptors (Lipinski definition) is 4. The molecule has 30 heavy (non-hydrogen) atoms. The second kappa shape index (κ2) is 8.09. The summed E-state index contributed by atoms with van der Waals surface area (Å²) in [6.07, 6.45) is 10.8. The number of imidazole rings is 1. The molecule has 0 spiro atoms. The zero-order valence-corrected chi connectivity index (χ0v) is 16.3. The maximum Gasteiger partial charge on any atom is 0.115 e. The van der Waals surface area contributed by atoms with Crippen LogP contribution in [-0.2, 0) is 6.54 Å². The number of benzene rings is 2. The summed E-state index contributed by atoms with van der Waals surface area (Å²) in [4.78, 5) is 17.2. The van der Waals surface area contributed by atoms with Gasteiger partial charge in [-0.25, -0.2) is 15.0 Å². The lowest BCUT2D eigenvalue weighted by Crippen LogP contribution is -2.01. The molecule has 0 atom stereocenters. The van der Waals surface area contributed by atoms with Gasteiger partial charge in [0.15, 0.2) is 0 Å². The Labute approximate surface area is 174 Å². The van der Waals surface area contributed by atoms with Crippen molar-refractivity contribution in [2.45, 2.75) is 6.54 Å². The van der Waals surface area contributed by atoms with Gasteiger partial charge in [0, 0.05) is 41.5 Å². The quantitative estimate of drug-likeness (QED) is 0.419. The van der Waals surface area contributed by atoms with Crippen LogP contribution in [0.25, 0.3) is 33.6 Å². The van der Waals surface area contributed by atoms with Crippen LogP contribution in [0.2, 0.25) is 0 Å². The van der Waals surface area contributed by atoms with Gasteiger partial charge >= 0.3 is 0 Å². The number of aromatic nitrogens is 5. The summed E-state index contributed by atoms with van der Waals surface area (Å²) in [5.74, 6) is 0. The molecule has 0 saturated heterocycles. The van der Waals surface area contributed by atoms with Gasteiger partial charge in [0.2, 0.25) is 0 Å². The van der Waals surface area contributed by atoms with E-state index in [4.69, 9.17) is 4.98 Å². The highest BCUT2D eigenvalue weighted by Crippen LogP contribution is 2.33. The van der Waals surface area contributed by atoms with Crippen LogP contribution in [0.5, 0.6) is 0 Å². The largest absolute Gasteiger partial charge is 0.326 e. The molecule has 5 nitrogen and oxygen atoms in total. The molecule has 2 aromatic carbocycles. The SMILES string of the molecule is c1ccc(-c2ncn(Cc3cccnc3)c2-c2ccc(-c3cncnc3)cc2)cc1. The van der Waals surface area contributed by atoms with Crippen molar-refractivity contribution < 1.29 is 0 Å². The molecule has 0 saturated carbocycles. The van der Waals surface area contributed by atoms with Crippen LogP contribution in [0.15, 0.2) is 104 Å². The van der Waals surface area contributed by atoms with Crippen molar-refractivity contribution in [1.82, 2.24) is 24.5 Å². The Morgan fingerprint density at radius 3 is 2.13 bits per heavy atom. The fraction of sp³-hybridized carbons (Fsp3) is 0.0400. The summed E-state index contributed by atoms with van der Waals surface area (Å²) in [6.45, 7) is 0.706. The predicted molar refractivity (Wildman–Crippen MR) is 117 cm³/mol. The lowest BCUT2D eigenvalue weighted by Gasteiger charge is -2.12. The zero-order chi connectivity index (χ0) is 20.2. The molecule has 0 aliphatic heterocycles. The third-order valence-corrected chi connectivity index (χ3v) is 5.01. The molecule has 144 valence electrons. The molecule has 0 N–H and O–H groups in total. The number of nitrogens with zero attached hydrogens (tertiary/aromatic N) is 5. The van der Waals surface area contributed by atoms with Crippen molar-refractivity contribution in [1.29, 1.82) is 0 Å². The Morgan fingerprint density at radius 2 is 1.40 bits per heavy atom. The third kappa shape index (κ3) is 3.61. The van der Waals surface area contributed by atoms with E-state index in [2.05, 4.69) is 62.0 Å². The van der Waals surface area contributed by atoms with E-state index in [-0.39, 0.29) is 0 Å². The molecule has 3 heterocycles. The zero-order valence-electron chi connectivity index (χ0n) is 16.3. The summed E-state index contributed by atoms with van der Waals surface area (Å²) in [5, 5.41) is 0. The number of hydrogen-bond donors (Lipinski definition) is 0. The second-order valence-corrected chi connectivity index (χ2v) is 7.00. The van der Waals surface area contributed by atoms with Crippen molar-refractivity contribution in [2.24, 2.45) is 0 Å². The van der Waals surface area contributed by atoms with E-state index < -0.39 is 0 Å². The van der Waals surface area contributed by atoms with Gasteiger partial charge in [0.1, 0.15) is 6.33 Å². The van der Waals surface area contributed by atoms with E-state index in [9.17, 15) is 0 Å². The Kier molecular flexibility index (Phi) is 4.84. The molecule has 5 aromatic rings. The number of rotatable bonds is 5. The summed E-state index contributed by atoms with van der Waals surface area (Å²) < 4.78 is 2.18. The van der Waals surface area contributed by atoms with Gasteiger partial charge in [-0.1, -0.05) is 60.7 Å². The highest BCUT2D eigenvalue weighted by Gasteiger charge is 2.15. The van der Waals surface area contributed by atoms with E-state index in [1.807, 2.05) is 49.2 Å². The molecule has 0 aliphatic carbocycles. The molecular weight excluding hydrogens is 370 g/mol. The molecular formula is C25H19N5. The minimum Gasteiger partial charge on any atom is -0.326 e. The van der Waals surface area contributed by atoms with Gasteiger partial charge in [-0.05, 0) is 17.2 Å². The van der Waals surface area contributed by atoms with Crippen LogP contribution in [0.4, 0.5) is 0 Å². The standard InChI is InChI=1S/C25H19N5/c1-2-6-21(7-3-1)24-25(30(18-29-24)16-19-5-4-12-26-13-19)22-10-8-20(9-11-22)23-14-27-17-28-15-23/h1-15,17-18H,16H2. The second-order valence-electron chi connectivity index (χ2n) is 7.00. The molecule has 0 fully saturated rings. The van der Waals surface area contributed by atoms with Crippen LogP contribution >= 0.6 is 0 Å². The first-order valence-corrected chi connectivity index (χ1v) is 9.74. The first kappa shape index (κ1) is 17.9. The maximum absolute atomic E-state index is 4.76. The van der Waals surface area contributed by atoms with Crippen LogP contribution in [0, 0.1) is 0 Å². The minimum absolute atomic E-state index is 0.706. The maximum atomic E-state index is 4.76. The van der Waals surface area contributed by atoms with Gasteiger partial charge in [0.25, 0.3) is 0 Å². The van der Waals surface area contributed by atoms with Crippen molar-refractivity contribution >= 4 is 0 Å². The van der Waals surface area contributed by atoms with E-state index in [1.165, 1.54) is 0 Å². The fourth-order valence-electron chi connectivity index (χ4n) is 3.57. The Bertz CT molecular complexity index is 1230. The molecule has 0 bridgehead atoms. The minimum atomic E-state index is 0.706. The van der Waals surface area contributed by atoms with Crippen LogP contribution in [0.3, 0.4) is 0 Å². The van der Waals surface area contributed by atoms with Gasteiger partial charge in [-0.2, -0.15) is 0 Å². The van der Waals surface area contributed by atoms with E-state index in [0.717, 1.165) is 39.2 Å². The molecule has 0 unspecified atom stereocenters. The van der Waals surface area contributed by atoms with Crippen LogP contribution in [-0.4, -0.2) is 24.5 Å². The smallest absolute Gasteiger partial charge is 0.115 e. The first-order chi connectivity index (χ1) is 14.9. The normalized spacial score (nSPS) is 10.8.